The van der Waals surface area contributed by atoms with Gasteiger partial charge in [0.05, 0.1) is 5.39 Å². The van der Waals surface area contributed by atoms with Crippen LogP contribution in [-0.2, 0) is 0 Å². The molecule has 2 heterocycles. The fourth-order valence-corrected chi connectivity index (χ4v) is 3.04. The lowest BCUT2D eigenvalue weighted by atomic mass is 10.1. The van der Waals surface area contributed by atoms with Gasteiger partial charge in [0, 0.05) is 19.6 Å². The maximum Gasteiger partial charge on any atom is 0.290 e. The van der Waals surface area contributed by atoms with Gasteiger partial charge in [-0.2, -0.15) is 0 Å². The van der Waals surface area contributed by atoms with E-state index in [1.807, 2.05) is 24.3 Å². The summed E-state index contributed by atoms with van der Waals surface area (Å²) in [4.78, 5) is 14.8. The van der Waals surface area contributed by atoms with E-state index in [0.29, 0.717) is 23.7 Å². The molecule has 122 valence electrons. The van der Waals surface area contributed by atoms with Crippen LogP contribution in [0.3, 0.4) is 0 Å². The molecule has 1 amide bonds. The number of hydrogen-bond donors (Lipinski definition) is 1. The molecule has 0 saturated carbocycles. The quantitative estimate of drug-likeness (QED) is 0.862. The third-order valence-corrected chi connectivity index (χ3v) is 4.48. The second-order valence-electron chi connectivity index (χ2n) is 6.26. The maximum atomic E-state index is 12.3. The molecule has 0 bridgehead atoms. The number of hydrogen-bond acceptors (Lipinski definition) is 4. The highest BCUT2D eigenvalue weighted by molar-refractivity contribution is 6.03. The number of nitrogens with zero attached hydrogens (tertiary/aromatic N) is 2. The van der Waals surface area contributed by atoms with Crippen LogP contribution in [0.1, 0.15) is 30.8 Å². The molecule has 1 aromatic heterocycles. The standard InChI is InChI=1S/C18H23N3O2/c1-3-13(2)11-21-9-8-14(12-21)10-19-18(22)17-15-6-4-5-7-16(15)20-23-17/h3-7,14H,8-12H2,1-2H3,(H,19,22). The predicted molar refractivity (Wildman–Crippen MR) is 90.3 cm³/mol. The maximum absolute atomic E-state index is 12.3. The lowest BCUT2D eigenvalue weighted by Crippen LogP contribution is -2.31. The Kier molecular flexibility index (Phi) is 4.76. The topological polar surface area (TPSA) is 58.4 Å². The molecule has 1 saturated heterocycles. The Bertz CT molecular complexity index is 720. The zero-order valence-corrected chi connectivity index (χ0v) is 13.7. The highest BCUT2D eigenvalue weighted by atomic mass is 16.5. The van der Waals surface area contributed by atoms with Gasteiger partial charge in [-0.05, 0) is 44.9 Å². The molecule has 3 rings (SSSR count). The van der Waals surface area contributed by atoms with Crippen molar-refractivity contribution in [3.63, 3.8) is 0 Å². The SMILES string of the molecule is CC=C(C)CN1CCC(CNC(=O)c2onc3ccccc23)C1. The summed E-state index contributed by atoms with van der Waals surface area (Å²) in [6.45, 7) is 8.06. The van der Waals surface area contributed by atoms with Gasteiger partial charge in [0.25, 0.3) is 5.91 Å². The van der Waals surface area contributed by atoms with Crippen LogP contribution in [0.25, 0.3) is 10.9 Å². The summed E-state index contributed by atoms with van der Waals surface area (Å²) in [5.74, 6) is 0.625. The van der Waals surface area contributed by atoms with Gasteiger partial charge in [-0.3, -0.25) is 9.69 Å². The van der Waals surface area contributed by atoms with Crippen molar-refractivity contribution in [2.24, 2.45) is 5.92 Å². The van der Waals surface area contributed by atoms with Crippen molar-refractivity contribution in [1.82, 2.24) is 15.4 Å². The first-order chi connectivity index (χ1) is 11.2. The molecule has 0 spiro atoms. The van der Waals surface area contributed by atoms with Gasteiger partial charge in [0.15, 0.2) is 0 Å². The van der Waals surface area contributed by atoms with Crippen LogP contribution < -0.4 is 5.32 Å². The minimum absolute atomic E-state index is 0.179. The van der Waals surface area contributed by atoms with Crippen molar-refractivity contribution < 1.29 is 9.32 Å². The number of carbonyl (C=O) groups is 1. The molecule has 1 atom stereocenters. The third-order valence-electron chi connectivity index (χ3n) is 4.48. The fourth-order valence-electron chi connectivity index (χ4n) is 3.04. The Morgan fingerprint density at radius 1 is 1.48 bits per heavy atom. The zero-order valence-electron chi connectivity index (χ0n) is 13.7. The average molecular weight is 313 g/mol. The number of allylic oxidation sites excluding steroid dienone is 1. The lowest BCUT2D eigenvalue weighted by Gasteiger charge is -2.16. The Morgan fingerprint density at radius 2 is 2.30 bits per heavy atom. The Balaban J connectivity index is 1.54. The summed E-state index contributed by atoms with van der Waals surface area (Å²) in [6.07, 6.45) is 3.28. The predicted octanol–water partition coefficient (Wildman–Crippen LogP) is 2.85. The molecule has 5 nitrogen and oxygen atoms in total. The number of nitrogens with one attached hydrogen (secondary N) is 1. The van der Waals surface area contributed by atoms with Crippen LogP contribution in [0.5, 0.6) is 0 Å². The van der Waals surface area contributed by atoms with Crippen molar-refractivity contribution in [2.45, 2.75) is 20.3 Å². The van der Waals surface area contributed by atoms with Gasteiger partial charge in [-0.25, -0.2) is 0 Å². The Morgan fingerprint density at radius 3 is 3.13 bits per heavy atom. The van der Waals surface area contributed by atoms with Crippen LogP contribution in [0, 0.1) is 5.92 Å². The summed E-state index contributed by atoms with van der Waals surface area (Å²) >= 11 is 0. The van der Waals surface area contributed by atoms with Crippen LogP contribution in [0.2, 0.25) is 0 Å². The third kappa shape index (κ3) is 3.62. The first kappa shape index (κ1) is 15.7. The highest BCUT2D eigenvalue weighted by Gasteiger charge is 2.24. The van der Waals surface area contributed by atoms with Gasteiger partial charge in [0.1, 0.15) is 5.52 Å². The number of carbonyl (C=O) groups excluding carboxylic acids is 1. The van der Waals surface area contributed by atoms with Crippen molar-refractivity contribution in [1.29, 1.82) is 0 Å². The number of fused-ring (bicyclic) bond motifs is 1. The molecule has 1 fully saturated rings. The molecule has 2 aromatic rings. The van der Waals surface area contributed by atoms with Crippen LogP contribution in [-0.4, -0.2) is 42.1 Å². The molecule has 0 aliphatic carbocycles. The molecular weight excluding hydrogens is 290 g/mol. The molecule has 0 radical (unpaired) electrons. The number of rotatable bonds is 5. The minimum atomic E-state index is -0.179. The van der Waals surface area contributed by atoms with Crippen LogP contribution in [0.4, 0.5) is 0 Å². The molecule has 23 heavy (non-hydrogen) atoms. The molecule has 1 aliphatic rings. The summed E-state index contributed by atoms with van der Waals surface area (Å²) < 4.78 is 5.20. The van der Waals surface area contributed by atoms with E-state index < -0.39 is 0 Å². The second-order valence-corrected chi connectivity index (χ2v) is 6.26. The fraction of sp³-hybridized carbons (Fsp3) is 0.444. The van der Waals surface area contributed by atoms with E-state index in [1.54, 1.807) is 0 Å². The normalized spacial score (nSPS) is 19.4. The van der Waals surface area contributed by atoms with E-state index in [-0.39, 0.29) is 5.91 Å². The monoisotopic (exact) mass is 313 g/mol. The van der Waals surface area contributed by atoms with E-state index in [0.717, 1.165) is 31.4 Å². The van der Waals surface area contributed by atoms with E-state index in [1.165, 1.54) is 5.57 Å². The summed E-state index contributed by atoms with van der Waals surface area (Å²) in [6, 6.07) is 7.47. The van der Waals surface area contributed by atoms with E-state index >= 15 is 0 Å². The molecular formula is C18H23N3O2. The van der Waals surface area contributed by atoms with Gasteiger partial charge in [-0.1, -0.05) is 28.9 Å². The van der Waals surface area contributed by atoms with E-state index in [2.05, 4.69) is 35.3 Å². The van der Waals surface area contributed by atoms with Gasteiger partial charge in [0.2, 0.25) is 5.76 Å². The smallest absolute Gasteiger partial charge is 0.290 e. The van der Waals surface area contributed by atoms with Crippen molar-refractivity contribution in [2.75, 3.05) is 26.2 Å². The van der Waals surface area contributed by atoms with Gasteiger partial charge >= 0.3 is 0 Å². The molecule has 5 heteroatoms. The number of benzene rings is 1. The second kappa shape index (κ2) is 6.96. The van der Waals surface area contributed by atoms with Crippen LogP contribution >= 0.6 is 0 Å². The highest BCUT2D eigenvalue weighted by Crippen LogP contribution is 2.19. The van der Waals surface area contributed by atoms with Gasteiger partial charge in [-0.15, -0.1) is 0 Å². The summed E-state index contributed by atoms with van der Waals surface area (Å²) in [7, 11) is 0. The average Bonchev–Trinajstić information content (AvgIpc) is 3.19. The van der Waals surface area contributed by atoms with Crippen molar-refractivity contribution >= 4 is 16.8 Å². The number of amides is 1. The summed E-state index contributed by atoms with van der Waals surface area (Å²) in [5.41, 5.74) is 2.11. The molecule has 1 aliphatic heterocycles. The number of likely N-dealkylation sites (tertiary alicyclic amines) is 1. The van der Waals surface area contributed by atoms with Crippen molar-refractivity contribution in [3.8, 4) is 0 Å². The van der Waals surface area contributed by atoms with Gasteiger partial charge < -0.3 is 9.84 Å². The molecule has 1 N–H and O–H groups in total. The largest absolute Gasteiger partial charge is 0.350 e. The van der Waals surface area contributed by atoms with Crippen LogP contribution in [0.15, 0.2) is 40.4 Å². The van der Waals surface area contributed by atoms with Crippen molar-refractivity contribution in [3.05, 3.63) is 41.7 Å². The minimum Gasteiger partial charge on any atom is -0.350 e. The Hall–Kier alpha value is -2.14. The van der Waals surface area contributed by atoms with E-state index in [9.17, 15) is 4.79 Å². The summed E-state index contributed by atoms with van der Waals surface area (Å²) in [5, 5.41) is 7.68. The molecule has 1 unspecified atom stereocenters. The first-order valence-corrected chi connectivity index (χ1v) is 8.14. The number of aromatic nitrogens is 1. The zero-order chi connectivity index (χ0) is 16.2. The molecule has 1 aromatic carbocycles. The lowest BCUT2D eigenvalue weighted by molar-refractivity contribution is 0.0913. The Labute approximate surface area is 136 Å². The van der Waals surface area contributed by atoms with E-state index in [4.69, 9.17) is 4.52 Å². The first-order valence-electron chi connectivity index (χ1n) is 8.14.